The average Bonchev–Trinajstić information content (AvgIpc) is 2.84. The zero-order valence-corrected chi connectivity index (χ0v) is 19.2. The van der Waals surface area contributed by atoms with Crippen molar-refractivity contribution in [1.82, 2.24) is 0 Å². The van der Waals surface area contributed by atoms with E-state index < -0.39 is 17.7 Å². The van der Waals surface area contributed by atoms with Crippen LogP contribution in [0.4, 0.5) is 0 Å². The first-order valence-corrected chi connectivity index (χ1v) is 10.6. The third kappa shape index (κ3) is 3.79. The zero-order chi connectivity index (χ0) is 24.4. The Bertz CT molecular complexity index is 1280. The van der Waals surface area contributed by atoms with Crippen molar-refractivity contribution < 1.29 is 43.1 Å². The highest BCUT2D eigenvalue weighted by Gasteiger charge is 2.33. The van der Waals surface area contributed by atoms with Crippen molar-refractivity contribution in [3.05, 3.63) is 41.5 Å². The Hall–Kier alpha value is -4.14. The molecule has 0 unspecified atom stereocenters. The molecule has 0 spiro atoms. The summed E-state index contributed by atoms with van der Waals surface area (Å²) in [5.41, 5.74) is 0.367. The van der Waals surface area contributed by atoms with E-state index >= 15 is 0 Å². The molecular formula is C25H24O9. The molecule has 0 fully saturated rings. The SMILES string of the molecule is CCOC(=O)c1c(C(=O)OCC)c(-c2ccc3cc2OCO3)c2cc(OC)c(OC)cc2c1O. The van der Waals surface area contributed by atoms with Gasteiger partial charge in [-0.3, -0.25) is 0 Å². The van der Waals surface area contributed by atoms with Gasteiger partial charge < -0.3 is 33.5 Å². The molecule has 1 N–H and O–H groups in total. The molecule has 0 saturated carbocycles. The minimum Gasteiger partial charge on any atom is -0.506 e. The van der Waals surface area contributed by atoms with Crippen molar-refractivity contribution in [2.75, 3.05) is 34.2 Å². The minimum absolute atomic E-state index is 0.0123. The van der Waals surface area contributed by atoms with E-state index in [9.17, 15) is 14.7 Å². The first-order valence-electron chi connectivity index (χ1n) is 10.6. The van der Waals surface area contributed by atoms with Crippen LogP contribution in [0.2, 0.25) is 0 Å². The van der Waals surface area contributed by atoms with Gasteiger partial charge in [0.1, 0.15) is 22.8 Å². The number of esters is 2. The van der Waals surface area contributed by atoms with E-state index in [0.717, 1.165) is 0 Å². The molecule has 0 radical (unpaired) electrons. The minimum atomic E-state index is -0.865. The largest absolute Gasteiger partial charge is 0.506 e. The maximum Gasteiger partial charge on any atom is 0.342 e. The number of carbonyl (C=O) groups excluding carboxylic acids is 2. The van der Waals surface area contributed by atoms with Crippen LogP contribution in [0.25, 0.3) is 21.9 Å². The van der Waals surface area contributed by atoms with Crippen LogP contribution in [-0.2, 0) is 9.47 Å². The summed E-state index contributed by atoms with van der Waals surface area (Å²) in [6.45, 7) is 3.37. The standard InChI is InChI=1S/C25H24O9/c1-5-31-24(27)21-20(14-8-7-13-9-17(14)34-12-33-13)15-10-18(29-3)19(30-4)11-16(15)23(26)22(21)25(28)32-6-2/h7-11,26H,5-6,12H2,1-4H3. The van der Waals surface area contributed by atoms with Gasteiger partial charge in [0, 0.05) is 22.6 Å². The van der Waals surface area contributed by atoms with Crippen LogP contribution in [0.15, 0.2) is 30.3 Å². The lowest BCUT2D eigenvalue weighted by Gasteiger charge is -2.23. The van der Waals surface area contributed by atoms with Gasteiger partial charge in [-0.15, -0.1) is 0 Å². The van der Waals surface area contributed by atoms with E-state index in [1.54, 1.807) is 38.1 Å². The van der Waals surface area contributed by atoms with Gasteiger partial charge >= 0.3 is 11.9 Å². The number of benzene rings is 3. The number of hydrogen-bond acceptors (Lipinski definition) is 9. The Labute approximate surface area is 195 Å². The van der Waals surface area contributed by atoms with E-state index in [1.165, 1.54) is 20.3 Å². The number of carbonyl (C=O) groups is 2. The number of aromatic hydroxyl groups is 1. The van der Waals surface area contributed by atoms with Crippen LogP contribution in [0.3, 0.4) is 0 Å². The summed E-state index contributed by atoms with van der Waals surface area (Å²) in [4.78, 5) is 26.3. The maximum absolute atomic E-state index is 13.3. The lowest BCUT2D eigenvalue weighted by atomic mass is 9.87. The molecule has 1 aliphatic rings. The fourth-order valence-corrected chi connectivity index (χ4v) is 3.96. The van der Waals surface area contributed by atoms with Crippen LogP contribution in [0, 0.1) is 0 Å². The second kappa shape index (κ2) is 9.38. The van der Waals surface area contributed by atoms with Crippen LogP contribution < -0.4 is 18.9 Å². The number of fused-ring (bicyclic) bond motifs is 3. The summed E-state index contributed by atoms with van der Waals surface area (Å²) in [6, 6.07) is 8.27. The lowest BCUT2D eigenvalue weighted by molar-refractivity contribution is 0.0477. The molecule has 4 rings (SSSR count). The highest BCUT2D eigenvalue weighted by atomic mass is 16.7. The molecule has 0 aromatic heterocycles. The van der Waals surface area contributed by atoms with Crippen molar-refractivity contribution in [2.24, 2.45) is 0 Å². The Morgan fingerprint density at radius 3 is 2.12 bits per heavy atom. The number of phenols is 1. The topological polar surface area (TPSA) is 110 Å². The summed E-state index contributed by atoms with van der Waals surface area (Å²) in [5, 5.41) is 11.9. The van der Waals surface area contributed by atoms with Gasteiger partial charge in [-0.25, -0.2) is 9.59 Å². The number of ether oxygens (including phenoxy) is 6. The second-order valence-electron chi connectivity index (χ2n) is 7.23. The first kappa shape index (κ1) is 23.0. The number of hydrogen-bond donors (Lipinski definition) is 1. The van der Waals surface area contributed by atoms with Crippen molar-refractivity contribution in [3.63, 3.8) is 0 Å². The molecule has 9 heteroatoms. The highest BCUT2D eigenvalue weighted by molar-refractivity contribution is 6.19. The number of phenolic OH excluding ortho intramolecular Hbond substituents is 1. The third-order valence-electron chi connectivity index (χ3n) is 5.41. The van der Waals surface area contributed by atoms with Gasteiger partial charge in [-0.1, -0.05) is 0 Å². The molecule has 34 heavy (non-hydrogen) atoms. The molecule has 0 saturated heterocycles. The van der Waals surface area contributed by atoms with Crippen molar-refractivity contribution in [3.8, 4) is 39.9 Å². The van der Waals surface area contributed by atoms with E-state index in [4.69, 9.17) is 28.4 Å². The second-order valence-corrected chi connectivity index (χ2v) is 7.23. The van der Waals surface area contributed by atoms with Crippen LogP contribution in [-0.4, -0.2) is 51.3 Å². The molecule has 3 aromatic carbocycles. The Kier molecular flexibility index (Phi) is 6.36. The van der Waals surface area contributed by atoms with Crippen LogP contribution in [0.5, 0.6) is 28.7 Å². The lowest BCUT2D eigenvalue weighted by Crippen LogP contribution is -2.17. The van der Waals surface area contributed by atoms with E-state index in [2.05, 4.69) is 0 Å². The smallest absolute Gasteiger partial charge is 0.342 e. The fraction of sp³-hybridized carbons (Fsp3) is 0.280. The monoisotopic (exact) mass is 468 g/mol. The predicted octanol–water partition coefficient (Wildman–Crippen LogP) is 4.31. The first-order chi connectivity index (χ1) is 16.4. The molecule has 178 valence electrons. The summed E-state index contributed by atoms with van der Waals surface area (Å²) >= 11 is 0. The van der Waals surface area contributed by atoms with E-state index in [1.807, 2.05) is 0 Å². The summed E-state index contributed by atoms with van der Waals surface area (Å²) in [7, 11) is 2.93. The number of methoxy groups -OCH3 is 2. The summed E-state index contributed by atoms with van der Waals surface area (Å²) in [5.74, 6) is -0.372. The molecule has 0 atom stereocenters. The van der Waals surface area contributed by atoms with Crippen molar-refractivity contribution >= 4 is 22.7 Å². The van der Waals surface area contributed by atoms with Gasteiger partial charge in [0.05, 0.1) is 33.0 Å². The molecule has 2 bridgehead atoms. The summed E-state index contributed by atoms with van der Waals surface area (Å²) < 4.78 is 32.4. The van der Waals surface area contributed by atoms with Gasteiger partial charge in [0.25, 0.3) is 0 Å². The summed E-state index contributed by atoms with van der Waals surface area (Å²) in [6.07, 6.45) is 0. The van der Waals surface area contributed by atoms with Gasteiger partial charge in [0.2, 0.25) is 6.79 Å². The molecule has 3 aromatic rings. The van der Waals surface area contributed by atoms with Crippen molar-refractivity contribution in [2.45, 2.75) is 13.8 Å². The normalized spacial score (nSPS) is 11.9. The third-order valence-corrected chi connectivity index (χ3v) is 5.41. The Morgan fingerprint density at radius 1 is 0.882 bits per heavy atom. The highest BCUT2D eigenvalue weighted by Crippen LogP contribution is 2.48. The van der Waals surface area contributed by atoms with Crippen LogP contribution >= 0.6 is 0 Å². The zero-order valence-electron chi connectivity index (χ0n) is 19.2. The van der Waals surface area contributed by atoms with E-state index in [-0.39, 0.29) is 36.5 Å². The van der Waals surface area contributed by atoms with Crippen molar-refractivity contribution in [1.29, 1.82) is 0 Å². The molecule has 0 amide bonds. The molecule has 1 aliphatic heterocycles. The van der Waals surface area contributed by atoms with Gasteiger partial charge in [-0.2, -0.15) is 0 Å². The Morgan fingerprint density at radius 2 is 1.50 bits per heavy atom. The Balaban J connectivity index is 2.21. The van der Waals surface area contributed by atoms with Gasteiger partial charge in [0.15, 0.2) is 11.5 Å². The quantitative estimate of drug-likeness (QED) is 0.507. The molecule has 1 heterocycles. The van der Waals surface area contributed by atoms with E-state index in [0.29, 0.717) is 39.5 Å². The average molecular weight is 468 g/mol. The molecule has 9 nitrogen and oxygen atoms in total. The molecular weight excluding hydrogens is 444 g/mol. The number of rotatable bonds is 7. The molecule has 0 aliphatic carbocycles. The predicted molar refractivity (Wildman–Crippen MR) is 122 cm³/mol. The van der Waals surface area contributed by atoms with Crippen LogP contribution in [0.1, 0.15) is 34.6 Å². The van der Waals surface area contributed by atoms with Gasteiger partial charge in [-0.05, 0) is 43.5 Å². The fourth-order valence-electron chi connectivity index (χ4n) is 3.96. The maximum atomic E-state index is 13.3.